The molecule has 4 aliphatic rings. The topological polar surface area (TPSA) is 12.5 Å². The Hall–Kier alpha value is -8.37. The summed E-state index contributed by atoms with van der Waals surface area (Å²) in [6.45, 7) is 0. The van der Waals surface area contributed by atoms with Gasteiger partial charge in [0.25, 0.3) is 0 Å². The van der Waals surface area contributed by atoms with Gasteiger partial charge in [-0.25, -0.2) is 0 Å². The van der Waals surface area contributed by atoms with Gasteiger partial charge in [0.1, 0.15) is 11.5 Å². The maximum absolute atomic E-state index is 6.77. The van der Waals surface area contributed by atoms with E-state index in [1.165, 1.54) is 87.3 Å². The van der Waals surface area contributed by atoms with Crippen molar-refractivity contribution in [2.24, 2.45) is 0 Å². The molecule has 0 aromatic heterocycles. The first-order valence-corrected chi connectivity index (χ1v) is 24.6. The zero-order valence-electron chi connectivity index (χ0n) is 37.4. The lowest BCUT2D eigenvalue weighted by molar-refractivity contribution is 0.436. The van der Waals surface area contributed by atoms with Gasteiger partial charge in [0.15, 0.2) is 0 Å². The minimum atomic E-state index is -0.613. The molecular formula is C66H41NOS. The Balaban J connectivity index is 1.05. The lowest BCUT2D eigenvalue weighted by Crippen LogP contribution is -2.32. The highest BCUT2D eigenvalue weighted by Gasteiger charge is 2.53. The lowest BCUT2D eigenvalue weighted by atomic mass is 9.66. The number of rotatable bonds is 4. The number of para-hydroxylation sites is 2. The van der Waals surface area contributed by atoms with E-state index >= 15 is 0 Å². The van der Waals surface area contributed by atoms with Crippen molar-refractivity contribution in [1.29, 1.82) is 0 Å². The molecule has 11 aromatic carbocycles. The van der Waals surface area contributed by atoms with Crippen LogP contribution in [0.5, 0.6) is 11.5 Å². The van der Waals surface area contributed by atoms with Crippen molar-refractivity contribution in [2.75, 3.05) is 4.90 Å². The van der Waals surface area contributed by atoms with E-state index in [1.54, 1.807) is 0 Å². The van der Waals surface area contributed by atoms with Crippen LogP contribution in [-0.4, -0.2) is 0 Å². The number of fused-ring (bicyclic) bond motifs is 19. The zero-order valence-corrected chi connectivity index (χ0v) is 38.3. The molecule has 0 N–H and O–H groups in total. The monoisotopic (exact) mass is 895 g/mol. The summed E-state index contributed by atoms with van der Waals surface area (Å²) >= 11 is 1.89. The van der Waals surface area contributed by atoms with Gasteiger partial charge in [-0.2, -0.15) is 0 Å². The third-order valence-electron chi connectivity index (χ3n) is 15.4. The molecule has 0 saturated heterocycles. The average molecular weight is 896 g/mol. The van der Waals surface area contributed by atoms with Gasteiger partial charge in [-0.3, -0.25) is 0 Å². The Labute approximate surface area is 405 Å². The van der Waals surface area contributed by atoms with E-state index in [-0.39, 0.29) is 0 Å². The van der Waals surface area contributed by atoms with Crippen LogP contribution in [0.15, 0.2) is 259 Å². The second-order valence-corrected chi connectivity index (χ2v) is 19.7. The van der Waals surface area contributed by atoms with Gasteiger partial charge in [0.05, 0.1) is 16.5 Å². The van der Waals surface area contributed by atoms with Gasteiger partial charge in [0, 0.05) is 37.9 Å². The molecule has 0 atom stereocenters. The maximum Gasteiger partial charge on any atom is 0.132 e. The van der Waals surface area contributed by atoms with E-state index in [0.717, 1.165) is 39.7 Å². The minimum absolute atomic E-state index is 0.550. The summed E-state index contributed by atoms with van der Waals surface area (Å²) in [6, 6.07) is 92.5. The highest BCUT2D eigenvalue weighted by Crippen LogP contribution is 2.66. The molecular weight excluding hydrogens is 855 g/mol. The minimum Gasteiger partial charge on any atom is -0.457 e. The molecule has 0 saturated carbocycles. The number of hydrogen-bond donors (Lipinski definition) is 0. The summed E-state index contributed by atoms with van der Waals surface area (Å²) in [5.74, 6) is 1.78. The van der Waals surface area contributed by atoms with Crippen LogP contribution in [0.2, 0.25) is 0 Å². The van der Waals surface area contributed by atoms with Gasteiger partial charge in [-0.1, -0.05) is 194 Å². The molecule has 69 heavy (non-hydrogen) atoms. The third-order valence-corrected chi connectivity index (χ3v) is 16.5. The fourth-order valence-electron chi connectivity index (χ4n) is 12.6. The Bertz CT molecular complexity index is 3840. The molecule has 2 aliphatic carbocycles. The molecule has 322 valence electrons. The van der Waals surface area contributed by atoms with E-state index in [0.29, 0.717) is 0 Å². The summed E-state index contributed by atoms with van der Waals surface area (Å²) in [6.07, 6.45) is 0. The fourth-order valence-corrected chi connectivity index (χ4v) is 13.8. The Morgan fingerprint density at radius 1 is 0.319 bits per heavy atom. The smallest absolute Gasteiger partial charge is 0.132 e. The number of hydrogen-bond acceptors (Lipinski definition) is 3. The van der Waals surface area contributed by atoms with E-state index < -0.39 is 10.8 Å². The molecule has 2 spiro atoms. The van der Waals surface area contributed by atoms with Crippen LogP contribution in [0.1, 0.15) is 44.5 Å². The summed E-state index contributed by atoms with van der Waals surface area (Å²) in [4.78, 5) is 5.12. The molecule has 11 aromatic rings. The lowest BCUT2D eigenvalue weighted by Gasteiger charge is -2.40. The van der Waals surface area contributed by atoms with Gasteiger partial charge < -0.3 is 9.64 Å². The fraction of sp³-hybridized carbons (Fsp3) is 0.0303. The van der Waals surface area contributed by atoms with Crippen molar-refractivity contribution in [1.82, 2.24) is 0 Å². The van der Waals surface area contributed by atoms with Gasteiger partial charge >= 0.3 is 0 Å². The van der Waals surface area contributed by atoms with Crippen LogP contribution in [0, 0.1) is 0 Å². The van der Waals surface area contributed by atoms with Crippen molar-refractivity contribution < 1.29 is 4.74 Å². The van der Waals surface area contributed by atoms with E-state index in [4.69, 9.17) is 4.74 Å². The molecule has 2 nitrogen and oxygen atoms in total. The predicted octanol–water partition coefficient (Wildman–Crippen LogP) is 17.3. The van der Waals surface area contributed by atoms with E-state index in [1.807, 2.05) is 11.8 Å². The zero-order chi connectivity index (χ0) is 45.3. The SMILES string of the molecule is c1ccc(-c2ccc(N(c3ccc4c(c3)C3(c5ccccc5Oc5ccccc53)c3ccccc3-4)c3cccc4c3-c3cc5ccccc5cc3C43c4ccccc4Sc4ccccc43)cc2)cc1. The number of anilines is 3. The quantitative estimate of drug-likeness (QED) is 0.175. The number of ether oxygens (including phenoxy) is 1. The molecule has 2 heterocycles. The van der Waals surface area contributed by atoms with Gasteiger partial charge in [-0.05, 0) is 139 Å². The Morgan fingerprint density at radius 3 is 1.54 bits per heavy atom. The molecule has 2 aliphatic heterocycles. The van der Waals surface area contributed by atoms with E-state index in [9.17, 15) is 0 Å². The first-order valence-electron chi connectivity index (χ1n) is 23.8. The van der Waals surface area contributed by atoms with Crippen LogP contribution in [0.25, 0.3) is 44.2 Å². The van der Waals surface area contributed by atoms with Crippen LogP contribution in [0.3, 0.4) is 0 Å². The van der Waals surface area contributed by atoms with Gasteiger partial charge in [0.2, 0.25) is 0 Å². The average Bonchev–Trinajstić information content (AvgIpc) is 3.86. The van der Waals surface area contributed by atoms with Crippen molar-refractivity contribution >= 4 is 39.6 Å². The molecule has 3 heteroatoms. The molecule has 0 amide bonds. The van der Waals surface area contributed by atoms with Crippen molar-refractivity contribution in [3.8, 4) is 44.9 Å². The largest absolute Gasteiger partial charge is 0.457 e. The maximum atomic E-state index is 6.77. The number of nitrogens with zero attached hydrogens (tertiary/aromatic N) is 1. The van der Waals surface area contributed by atoms with Crippen molar-refractivity contribution in [2.45, 2.75) is 20.6 Å². The standard InChI is InChI=1S/C66H41NOS/c1-2-17-42(18-3-1)43-33-35-46(36-34-43)67(47-37-38-49-48-21-6-7-22-51(48)65(58(49)41-47)52-23-8-12-29-60(52)68-61-30-13-9-24-53(61)65)59-28-16-27-56-64(59)50-39-44-19-4-5-20-45(44)40-57(50)66(56)54-25-10-14-31-62(54)69-63-32-15-11-26-55(63)66/h1-41H. The van der Waals surface area contributed by atoms with Crippen LogP contribution in [0.4, 0.5) is 17.1 Å². The number of benzene rings is 11. The third kappa shape index (κ3) is 5.23. The highest BCUT2D eigenvalue weighted by molar-refractivity contribution is 7.99. The molecule has 0 bridgehead atoms. The molecule has 0 fully saturated rings. The molecule has 0 unspecified atom stereocenters. The summed E-state index contributed by atoms with van der Waals surface area (Å²) in [5, 5.41) is 2.47. The summed E-state index contributed by atoms with van der Waals surface area (Å²) in [5.41, 5.74) is 19.6. The first kappa shape index (κ1) is 38.7. The van der Waals surface area contributed by atoms with Crippen molar-refractivity contribution in [3.63, 3.8) is 0 Å². The van der Waals surface area contributed by atoms with E-state index in [2.05, 4.69) is 254 Å². The Kier molecular flexibility index (Phi) is 8.17. The van der Waals surface area contributed by atoms with Crippen LogP contribution < -0.4 is 9.64 Å². The molecule has 0 radical (unpaired) electrons. The highest BCUT2D eigenvalue weighted by atomic mass is 32.2. The van der Waals surface area contributed by atoms with Crippen molar-refractivity contribution in [3.05, 3.63) is 293 Å². The normalized spacial score (nSPS) is 14.4. The second kappa shape index (κ2) is 14.6. The first-order chi connectivity index (χ1) is 34.2. The predicted molar refractivity (Wildman–Crippen MR) is 283 cm³/mol. The molecule has 15 rings (SSSR count). The van der Waals surface area contributed by atoms with Crippen LogP contribution >= 0.6 is 11.8 Å². The van der Waals surface area contributed by atoms with Crippen LogP contribution in [-0.2, 0) is 10.8 Å². The second-order valence-electron chi connectivity index (χ2n) is 18.7. The summed E-state index contributed by atoms with van der Waals surface area (Å²) in [7, 11) is 0. The summed E-state index contributed by atoms with van der Waals surface area (Å²) < 4.78 is 6.77. The Morgan fingerprint density at radius 2 is 0.826 bits per heavy atom. The van der Waals surface area contributed by atoms with Gasteiger partial charge in [-0.15, -0.1) is 0 Å².